The third-order valence-electron chi connectivity index (χ3n) is 4.91. The van der Waals surface area contributed by atoms with Gasteiger partial charge in [0.25, 0.3) is 5.91 Å². The quantitative estimate of drug-likeness (QED) is 0.403. The van der Waals surface area contributed by atoms with Gasteiger partial charge in [-0.15, -0.1) is 23.7 Å². The summed E-state index contributed by atoms with van der Waals surface area (Å²) in [5.41, 5.74) is 4.16. The summed E-state index contributed by atoms with van der Waals surface area (Å²) in [6.07, 6.45) is 0.847. The number of amides is 1. The number of nitrogens with zero attached hydrogens (tertiary/aromatic N) is 4. The van der Waals surface area contributed by atoms with E-state index in [1.807, 2.05) is 44.4 Å². The number of thiazole rings is 2. The van der Waals surface area contributed by atoms with Crippen LogP contribution in [-0.2, 0) is 0 Å². The second-order valence-electron chi connectivity index (χ2n) is 7.32. The summed E-state index contributed by atoms with van der Waals surface area (Å²) >= 11 is 3.03. The Labute approximate surface area is 193 Å². The number of carbonyl (C=O) groups is 1. The molecule has 7 nitrogen and oxygen atoms in total. The molecule has 0 unspecified atom stereocenters. The molecule has 5 rings (SSSR count). The molecular weight excluding hydrogens is 456 g/mol. The van der Waals surface area contributed by atoms with E-state index in [4.69, 9.17) is 14.5 Å². The van der Waals surface area contributed by atoms with E-state index in [0.29, 0.717) is 23.0 Å². The third kappa shape index (κ3) is 4.31. The van der Waals surface area contributed by atoms with Crippen LogP contribution in [0.2, 0.25) is 0 Å². The summed E-state index contributed by atoms with van der Waals surface area (Å²) in [6, 6.07) is 9.47. The van der Waals surface area contributed by atoms with Crippen molar-refractivity contribution in [3.8, 4) is 11.5 Å². The molecule has 1 aliphatic heterocycles. The Kier molecular flexibility index (Phi) is 6.29. The van der Waals surface area contributed by atoms with E-state index in [0.717, 1.165) is 39.1 Å². The van der Waals surface area contributed by atoms with Crippen LogP contribution in [0.3, 0.4) is 0 Å². The molecule has 31 heavy (non-hydrogen) atoms. The Balaban J connectivity index is 0.00000231. The lowest BCUT2D eigenvalue weighted by molar-refractivity contribution is 0.0986. The molecular formula is C21H21ClN4O3S2. The molecule has 2 aromatic carbocycles. The van der Waals surface area contributed by atoms with Crippen molar-refractivity contribution in [3.63, 3.8) is 0 Å². The number of aromatic nitrogens is 2. The van der Waals surface area contributed by atoms with Gasteiger partial charge in [-0.1, -0.05) is 11.3 Å². The molecule has 1 amide bonds. The van der Waals surface area contributed by atoms with Crippen molar-refractivity contribution in [3.05, 3.63) is 41.4 Å². The van der Waals surface area contributed by atoms with Crippen LogP contribution in [0.15, 0.2) is 35.8 Å². The molecule has 2 aromatic heterocycles. The van der Waals surface area contributed by atoms with Crippen LogP contribution in [0.5, 0.6) is 11.5 Å². The largest absolute Gasteiger partial charge is 0.454 e. The number of hydrogen-bond donors (Lipinski definition) is 0. The van der Waals surface area contributed by atoms with Gasteiger partial charge in [-0.05, 0) is 45.3 Å². The molecule has 162 valence electrons. The number of hydrogen-bond acceptors (Lipinski definition) is 8. The zero-order valence-electron chi connectivity index (χ0n) is 17.0. The summed E-state index contributed by atoms with van der Waals surface area (Å²) < 4.78 is 12.9. The van der Waals surface area contributed by atoms with Crippen LogP contribution in [0.1, 0.15) is 16.8 Å². The van der Waals surface area contributed by atoms with Crippen molar-refractivity contribution >= 4 is 66.6 Å². The summed E-state index contributed by atoms with van der Waals surface area (Å²) in [7, 11) is 4.06. The maximum atomic E-state index is 13.5. The van der Waals surface area contributed by atoms with Crippen molar-refractivity contribution in [2.45, 2.75) is 6.42 Å². The van der Waals surface area contributed by atoms with Gasteiger partial charge in [-0.25, -0.2) is 9.97 Å². The minimum atomic E-state index is -0.0526. The lowest BCUT2D eigenvalue weighted by atomic mass is 10.2. The average molecular weight is 477 g/mol. The first kappa shape index (κ1) is 21.8. The molecule has 0 radical (unpaired) electrons. The fraction of sp³-hybridized carbons (Fsp3) is 0.286. The van der Waals surface area contributed by atoms with Crippen LogP contribution < -0.4 is 14.4 Å². The van der Waals surface area contributed by atoms with Crippen molar-refractivity contribution < 1.29 is 14.3 Å². The van der Waals surface area contributed by atoms with E-state index in [-0.39, 0.29) is 25.1 Å². The molecule has 0 saturated heterocycles. The van der Waals surface area contributed by atoms with E-state index < -0.39 is 0 Å². The topological polar surface area (TPSA) is 67.8 Å². The van der Waals surface area contributed by atoms with E-state index in [1.54, 1.807) is 10.4 Å². The number of fused-ring (bicyclic) bond motifs is 3. The predicted octanol–water partition coefficient (Wildman–Crippen LogP) is 4.66. The Morgan fingerprint density at radius 2 is 1.87 bits per heavy atom. The maximum absolute atomic E-state index is 13.5. The zero-order valence-corrected chi connectivity index (χ0v) is 19.5. The Morgan fingerprint density at radius 1 is 1.06 bits per heavy atom. The van der Waals surface area contributed by atoms with Crippen LogP contribution in [-0.4, -0.2) is 54.8 Å². The first-order valence-electron chi connectivity index (χ1n) is 9.58. The third-order valence-corrected chi connectivity index (χ3v) is 6.75. The highest BCUT2D eigenvalue weighted by atomic mass is 35.5. The van der Waals surface area contributed by atoms with Crippen LogP contribution in [0, 0.1) is 0 Å². The van der Waals surface area contributed by atoms with Gasteiger partial charge in [0.1, 0.15) is 0 Å². The molecule has 0 saturated carbocycles. The predicted molar refractivity (Wildman–Crippen MR) is 127 cm³/mol. The number of rotatable bonds is 6. The van der Waals surface area contributed by atoms with Gasteiger partial charge in [-0.3, -0.25) is 9.69 Å². The van der Waals surface area contributed by atoms with Gasteiger partial charge in [0.15, 0.2) is 16.6 Å². The van der Waals surface area contributed by atoms with Crippen molar-refractivity contribution in [2.24, 2.45) is 0 Å². The highest BCUT2D eigenvalue weighted by Gasteiger charge is 2.23. The van der Waals surface area contributed by atoms with Gasteiger partial charge < -0.3 is 14.4 Å². The lowest BCUT2D eigenvalue weighted by Gasteiger charge is -2.21. The zero-order chi connectivity index (χ0) is 20.7. The van der Waals surface area contributed by atoms with Crippen LogP contribution >= 0.6 is 35.1 Å². The molecule has 0 aliphatic carbocycles. The summed E-state index contributed by atoms with van der Waals surface area (Å²) in [5.74, 6) is 1.36. The van der Waals surface area contributed by atoms with E-state index in [9.17, 15) is 4.79 Å². The number of benzene rings is 2. The number of ether oxygens (including phenoxy) is 2. The lowest BCUT2D eigenvalue weighted by Crippen LogP contribution is -2.33. The van der Waals surface area contributed by atoms with Crippen molar-refractivity contribution in [1.82, 2.24) is 14.9 Å². The Morgan fingerprint density at radius 3 is 2.68 bits per heavy atom. The summed E-state index contributed by atoms with van der Waals surface area (Å²) in [6.45, 7) is 1.71. The van der Waals surface area contributed by atoms with Crippen molar-refractivity contribution in [1.29, 1.82) is 0 Å². The molecule has 0 bridgehead atoms. The highest BCUT2D eigenvalue weighted by molar-refractivity contribution is 7.22. The van der Waals surface area contributed by atoms with E-state index in [2.05, 4.69) is 9.88 Å². The molecule has 0 fully saturated rings. The fourth-order valence-corrected chi connectivity index (χ4v) is 5.11. The molecule has 0 spiro atoms. The van der Waals surface area contributed by atoms with E-state index in [1.165, 1.54) is 22.7 Å². The molecule has 0 atom stereocenters. The smallest absolute Gasteiger partial charge is 0.260 e. The van der Waals surface area contributed by atoms with Crippen molar-refractivity contribution in [2.75, 3.05) is 38.9 Å². The number of halogens is 1. The second-order valence-corrected chi connectivity index (χ2v) is 9.21. The van der Waals surface area contributed by atoms with Gasteiger partial charge in [0.2, 0.25) is 6.79 Å². The van der Waals surface area contributed by atoms with Crippen LogP contribution in [0.25, 0.3) is 20.4 Å². The number of anilines is 1. The SMILES string of the molecule is CN(C)CCCN(C(=O)c1ccc2ncsc2c1)c1nc2cc3c(cc2s1)OCO3.Cl. The van der Waals surface area contributed by atoms with E-state index >= 15 is 0 Å². The molecule has 10 heteroatoms. The molecule has 0 N–H and O–H groups in total. The molecule has 1 aliphatic rings. The second kappa shape index (κ2) is 8.96. The minimum Gasteiger partial charge on any atom is -0.454 e. The summed E-state index contributed by atoms with van der Waals surface area (Å²) in [5, 5.41) is 0.682. The fourth-order valence-electron chi connectivity index (χ4n) is 3.39. The van der Waals surface area contributed by atoms with Gasteiger partial charge in [0.05, 0.1) is 25.9 Å². The normalized spacial score (nSPS) is 12.5. The molecule has 3 heterocycles. The number of carbonyl (C=O) groups excluding carboxylic acids is 1. The molecule has 4 aromatic rings. The first-order chi connectivity index (χ1) is 14.6. The summed E-state index contributed by atoms with van der Waals surface area (Å²) in [4.78, 5) is 26.4. The minimum absolute atomic E-state index is 0. The van der Waals surface area contributed by atoms with Crippen LogP contribution in [0.4, 0.5) is 5.13 Å². The Bertz CT molecular complexity index is 1200. The standard InChI is InChI=1S/C21H20N4O3S2.ClH/c1-24(2)6-3-7-25(20(26)13-4-5-14-18(8-13)29-11-22-14)21-23-15-9-16-17(28-12-27-16)10-19(15)30-21;/h4-5,8-11H,3,6-7,12H2,1-2H3;1H. The highest BCUT2D eigenvalue weighted by Crippen LogP contribution is 2.40. The first-order valence-corrected chi connectivity index (χ1v) is 11.3. The van der Waals surface area contributed by atoms with Gasteiger partial charge >= 0.3 is 0 Å². The van der Waals surface area contributed by atoms with Gasteiger partial charge in [-0.2, -0.15) is 0 Å². The Hall–Kier alpha value is -2.46. The average Bonchev–Trinajstić information content (AvgIpc) is 3.46. The monoisotopic (exact) mass is 476 g/mol. The van der Waals surface area contributed by atoms with Gasteiger partial charge in [0, 0.05) is 24.2 Å². The maximum Gasteiger partial charge on any atom is 0.260 e.